The number of aromatic nitrogens is 1. The van der Waals surface area contributed by atoms with Gasteiger partial charge < -0.3 is 29.7 Å². The van der Waals surface area contributed by atoms with Crippen LogP contribution < -0.4 is 20.3 Å². The summed E-state index contributed by atoms with van der Waals surface area (Å²) >= 11 is 0. The maximum absolute atomic E-state index is 15.9. The molecule has 4 aromatic carbocycles. The van der Waals surface area contributed by atoms with Crippen molar-refractivity contribution in [2.24, 2.45) is 0 Å². The summed E-state index contributed by atoms with van der Waals surface area (Å²) in [7, 11) is -2.16. The van der Waals surface area contributed by atoms with E-state index in [0.29, 0.717) is 45.9 Å². The monoisotopic (exact) mass is 907 g/mol. The van der Waals surface area contributed by atoms with Gasteiger partial charge in [0.2, 0.25) is 11.8 Å². The molecule has 4 amide bonds. The minimum absolute atomic E-state index is 0.0263. The van der Waals surface area contributed by atoms with Crippen LogP contribution in [0.3, 0.4) is 0 Å². The number of imide groups is 1. The minimum atomic E-state index is -3.72. The van der Waals surface area contributed by atoms with E-state index in [1.165, 1.54) is 23.1 Å². The molecular weight excluding hydrogens is 854 g/mol. The summed E-state index contributed by atoms with van der Waals surface area (Å²) in [5, 5.41) is 5.72. The molecule has 16 heteroatoms. The Morgan fingerprint density at radius 3 is 2.22 bits per heavy atom. The van der Waals surface area contributed by atoms with Crippen molar-refractivity contribution in [3.63, 3.8) is 0 Å². The second-order valence-corrected chi connectivity index (χ2v) is 20.7. The van der Waals surface area contributed by atoms with Crippen molar-refractivity contribution >= 4 is 61.8 Å². The highest BCUT2D eigenvalue weighted by Gasteiger charge is 2.39. The van der Waals surface area contributed by atoms with Crippen molar-refractivity contribution in [2.75, 3.05) is 22.6 Å². The molecule has 2 N–H and O–H groups in total. The zero-order valence-electron chi connectivity index (χ0n) is 37.7. The minimum Gasteiger partial charge on any atom is -0.489 e. The predicted octanol–water partition coefficient (Wildman–Crippen LogP) is 9.82. The number of rotatable bonds is 8. The van der Waals surface area contributed by atoms with Crippen LogP contribution in [0.15, 0.2) is 96.0 Å². The standard InChI is InChI=1S/C49H54FN5O9S/c1-29-22-42(56)52-33-16-21-41(65(60,61)35-17-18-35)32(23-33)27-54(8)45(57)43(31-14-20-40(37(29)24-31)62-28-30-12-10-9-11-13-30)53-34-15-19-36-38(25-34)39(50)26-51-44(36)55(46(58)63-48(2,3)4)47(59)64-49(5,6)7/h9-16,19-21,23-26,29,35,43,53H,17-18,22,27-28H2,1-8H3,(H,52,56)/t29-,43-/m1/s1. The summed E-state index contributed by atoms with van der Waals surface area (Å²) in [4.78, 5) is 62.0. The molecule has 2 atom stereocenters. The molecule has 0 unspecified atom stereocenters. The van der Waals surface area contributed by atoms with Gasteiger partial charge in [-0.05, 0) is 131 Å². The lowest BCUT2D eigenvalue weighted by molar-refractivity contribution is -0.131. The number of amides is 4. The van der Waals surface area contributed by atoms with Crippen LogP contribution in [0.4, 0.5) is 31.2 Å². The van der Waals surface area contributed by atoms with Gasteiger partial charge in [0.25, 0.3) is 0 Å². The molecular formula is C49H54FN5O9S. The number of nitrogens with zero attached hydrogens (tertiary/aromatic N) is 3. The van der Waals surface area contributed by atoms with E-state index in [1.54, 1.807) is 85.0 Å². The summed E-state index contributed by atoms with van der Waals surface area (Å²) in [6, 6.07) is 22.8. The number of carbonyl (C=O) groups is 4. The fourth-order valence-corrected chi connectivity index (χ4v) is 9.41. The average molecular weight is 908 g/mol. The van der Waals surface area contributed by atoms with E-state index in [-0.39, 0.29) is 52.7 Å². The summed E-state index contributed by atoms with van der Waals surface area (Å²) < 4.78 is 60.7. The molecule has 5 aromatic rings. The Bertz CT molecular complexity index is 2740. The molecule has 1 aliphatic carbocycles. The van der Waals surface area contributed by atoms with Crippen LogP contribution in [0.2, 0.25) is 0 Å². The Labute approximate surface area is 378 Å². The molecule has 2 aliphatic rings. The van der Waals surface area contributed by atoms with Crippen molar-refractivity contribution in [3.05, 3.63) is 119 Å². The first-order chi connectivity index (χ1) is 30.6. The highest BCUT2D eigenvalue weighted by Crippen LogP contribution is 2.39. The quantitative estimate of drug-likeness (QED) is 0.152. The lowest BCUT2D eigenvalue weighted by atomic mass is 9.92. The van der Waals surface area contributed by atoms with E-state index in [2.05, 4.69) is 15.6 Å². The first-order valence-electron chi connectivity index (χ1n) is 21.4. The van der Waals surface area contributed by atoms with E-state index >= 15 is 4.39 Å². The van der Waals surface area contributed by atoms with Gasteiger partial charge in [-0.3, -0.25) is 9.59 Å². The summed E-state index contributed by atoms with van der Waals surface area (Å²) in [5.41, 5.74) is 1.04. The van der Waals surface area contributed by atoms with Crippen LogP contribution in [0.5, 0.6) is 5.75 Å². The lowest BCUT2D eigenvalue weighted by Crippen LogP contribution is -2.44. The molecule has 342 valence electrons. The van der Waals surface area contributed by atoms with Crippen molar-refractivity contribution in [1.82, 2.24) is 9.88 Å². The second-order valence-electron chi connectivity index (χ2n) is 18.5. The maximum Gasteiger partial charge on any atom is 0.425 e. The number of sulfone groups is 1. The van der Waals surface area contributed by atoms with E-state index in [9.17, 15) is 27.6 Å². The largest absolute Gasteiger partial charge is 0.489 e. The van der Waals surface area contributed by atoms with Gasteiger partial charge in [-0.2, -0.15) is 4.90 Å². The lowest BCUT2D eigenvalue weighted by Gasteiger charge is -2.29. The van der Waals surface area contributed by atoms with Gasteiger partial charge in [0.1, 0.15) is 35.4 Å². The first-order valence-corrected chi connectivity index (χ1v) is 23.0. The van der Waals surface area contributed by atoms with Gasteiger partial charge in [-0.1, -0.05) is 43.3 Å². The highest BCUT2D eigenvalue weighted by molar-refractivity contribution is 7.92. The molecule has 1 saturated carbocycles. The van der Waals surface area contributed by atoms with E-state index in [4.69, 9.17) is 14.2 Å². The molecule has 0 radical (unpaired) electrons. The van der Waals surface area contributed by atoms with Crippen molar-refractivity contribution in [1.29, 1.82) is 0 Å². The predicted molar refractivity (Wildman–Crippen MR) is 245 cm³/mol. The third-order valence-electron chi connectivity index (χ3n) is 10.8. The summed E-state index contributed by atoms with van der Waals surface area (Å²) in [5.74, 6) is -1.70. The topological polar surface area (TPSA) is 174 Å². The maximum atomic E-state index is 15.9. The van der Waals surface area contributed by atoms with Gasteiger partial charge in [-0.15, -0.1) is 0 Å². The van der Waals surface area contributed by atoms with Crippen molar-refractivity contribution in [2.45, 2.75) is 114 Å². The highest BCUT2D eigenvalue weighted by atomic mass is 32.2. The summed E-state index contributed by atoms with van der Waals surface area (Å²) in [6.07, 6.45) is -0.186. The normalized spacial score (nSPS) is 17.2. The molecule has 1 fully saturated rings. The van der Waals surface area contributed by atoms with Crippen molar-refractivity contribution in [3.8, 4) is 5.75 Å². The third kappa shape index (κ3) is 10.9. The molecule has 0 saturated heterocycles. The van der Waals surface area contributed by atoms with Crippen LogP contribution in [-0.2, 0) is 42.1 Å². The van der Waals surface area contributed by atoms with E-state index in [1.807, 2.05) is 37.3 Å². The van der Waals surface area contributed by atoms with Gasteiger partial charge in [0, 0.05) is 42.2 Å². The number of likely N-dealkylation sites (N-methyl/N-ethyl adjacent to an activating group) is 1. The number of hydrogen-bond acceptors (Lipinski definition) is 11. The Kier molecular flexibility index (Phi) is 13.0. The van der Waals surface area contributed by atoms with Crippen LogP contribution in [-0.4, -0.2) is 65.8 Å². The Morgan fingerprint density at radius 1 is 0.892 bits per heavy atom. The molecule has 65 heavy (non-hydrogen) atoms. The molecule has 14 nitrogen and oxygen atoms in total. The van der Waals surface area contributed by atoms with Crippen LogP contribution in [0.25, 0.3) is 10.8 Å². The molecule has 0 spiro atoms. The number of fused-ring (bicyclic) bond motifs is 5. The number of hydrogen-bond donors (Lipinski definition) is 2. The average Bonchev–Trinajstić information content (AvgIpc) is 4.09. The van der Waals surface area contributed by atoms with Crippen LogP contribution >= 0.6 is 0 Å². The number of halogens is 1. The number of ether oxygens (including phenoxy) is 3. The molecule has 7 rings (SSSR count). The zero-order valence-corrected chi connectivity index (χ0v) is 38.5. The number of benzene rings is 4. The molecule has 1 aliphatic heterocycles. The van der Waals surface area contributed by atoms with Gasteiger partial charge in [0.15, 0.2) is 15.7 Å². The second kappa shape index (κ2) is 18.1. The van der Waals surface area contributed by atoms with Gasteiger partial charge >= 0.3 is 12.2 Å². The zero-order chi connectivity index (χ0) is 47.0. The molecule has 2 heterocycles. The first kappa shape index (κ1) is 46.4. The fourth-order valence-electron chi connectivity index (χ4n) is 7.55. The number of anilines is 3. The third-order valence-corrected chi connectivity index (χ3v) is 13.1. The Morgan fingerprint density at radius 2 is 1.57 bits per heavy atom. The number of pyridine rings is 1. The van der Waals surface area contributed by atoms with Crippen LogP contribution in [0.1, 0.15) is 102 Å². The SMILES string of the molecule is C[C@@H]1CC(=O)Nc2ccc(S(=O)(=O)C3CC3)c(c2)CN(C)C(=O)[C@H](Nc2ccc3c(N(C(=O)OC(C)(C)C)C(=O)OC(C)(C)C)ncc(F)c3c2)c2ccc(OCc3ccccc3)c1c2. The Balaban J connectivity index is 1.32. The van der Waals surface area contributed by atoms with Gasteiger partial charge in [0.05, 0.1) is 16.3 Å². The van der Waals surface area contributed by atoms with Gasteiger partial charge in [-0.25, -0.2) is 27.4 Å². The van der Waals surface area contributed by atoms with Crippen molar-refractivity contribution < 1.29 is 46.2 Å². The summed E-state index contributed by atoms with van der Waals surface area (Å²) in [6.45, 7) is 11.8. The fraction of sp³-hybridized carbons (Fsp3) is 0.367. The molecule has 1 aromatic heterocycles. The number of carbonyl (C=O) groups excluding carboxylic acids is 4. The Hall–Kier alpha value is -6.55. The van der Waals surface area contributed by atoms with E-state index < -0.39 is 62.2 Å². The van der Waals surface area contributed by atoms with E-state index in [0.717, 1.165) is 11.8 Å². The smallest absolute Gasteiger partial charge is 0.425 e. The van der Waals surface area contributed by atoms with Crippen LogP contribution in [0, 0.1) is 5.82 Å². The molecule has 4 bridgehead atoms. The number of nitrogens with one attached hydrogen (secondary N) is 2.